The molecule has 0 aromatic heterocycles. The van der Waals surface area contributed by atoms with Crippen molar-refractivity contribution in [2.24, 2.45) is 5.92 Å². The van der Waals surface area contributed by atoms with E-state index >= 15 is 0 Å². The average Bonchev–Trinajstić information content (AvgIpc) is 3.02. The number of benzene rings is 2. The number of imide groups is 1. The van der Waals surface area contributed by atoms with Crippen LogP contribution >= 0.6 is 0 Å². The highest BCUT2D eigenvalue weighted by Crippen LogP contribution is 2.28. The van der Waals surface area contributed by atoms with Gasteiger partial charge in [-0.25, -0.2) is 4.90 Å². The van der Waals surface area contributed by atoms with Gasteiger partial charge in [-0.2, -0.15) is 0 Å². The van der Waals surface area contributed by atoms with E-state index in [9.17, 15) is 9.59 Å². The number of hydrogen-bond donors (Lipinski definition) is 1. The number of ether oxygens (including phenoxy) is 1. The number of nitrogens with zero attached hydrogens (tertiary/aromatic N) is 1. The molecule has 1 aliphatic heterocycles. The normalized spacial score (nSPS) is 20.6. The van der Waals surface area contributed by atoms with Gasteiger partial charge >= 0.3 is 0 Å². The Kier molecular flexibility index (Phi) is 5.72. The van der Waals surface area contributed by atoms with Gasteiger partial charge in [0.2, 0.25) is 5.91 Å². The molecule has 2 aromatic rings. The first-order valence-electron chi connectivity index (χ1n) is 10.1. The van der Waals surface area contributed by atoms with E-state index in [-0.39, 0.29) is 18.2 Å². The third-order valence-electron chi connectivity index (χ3n) is 5.60. The molecule has 0 bridgehead atoms. The Labute approximate surface area is 165 Å². The van der Waals surface area contributed by atoms with Crippen molar-refractivity contribution in [3.05, 3.63) is 54.6 Å². The molecule has 4 rings (SSSR count). The highest BCUT2D eigenvalue weighted by atomic mass is 16.5. The predicted molar refractivity (Wildman–Crippen MR) is 108 cm³/mol. The fourth-order valence-corrected chi connectivity index (χ4v) is 4.05. The molecule has 5 nitrogen and oxygen atoms in total. The summed E-state index contributed by atoms with van der Waals surface area (Å²) in [4.78, 5) is 26.5. The van der Waals surface area contributed by atoms with Crippen LogP contribution in [0, 0.1) is 5.92 Å². The van der Waals surface area contributed by atoms with E-state index in [1.54, 1.807) is 24.3 Å². The molecular weight excluding hydrogens is 352 g/mol. The summed E-state index contributed by atoms with van der Waals surface area (Å²) in [5, 5.41) is 3.34. The van der Waals surface area contributed by atoms with Crippen LogP contribution in [0.3, 0.4) is 0 Å². The molecule has 1 atom stereocenters. The molecule has 1 saturated heterocycles. The van der Waals surface area contributed by atoms with Crippen molar-refractivity contribution >= 4 is 17.5 Å². The lowest BCUT2D eigenvalue weighted by molar-refractivity contribution is -0.121. The molecule has 2 fully saturated rings. The van der Waals surface area contributed by atoms with Crippen LogP contribution in [0.25, 0.3) is 0 Å². The standard InChI is InChI=1S/C23H26N2O3/c26-22-15-21(24-16-17-7-3-1-4-8-17)23(27)25(22)18-11-13-20(14-12-18)28-19-9-5-2-6-10-19/h2,5-6,9-14,17,21,24H,1,3-4,7-8,15-16H2/t21-/m0/s1. The molecule has 1 heterocycles. The maximum absolute atomic E-state index is 12.8. The zero-order valence-electron chi connectivity index (χ0n) is 16.0. The second-order valence-electron chi connectivity index (χ2n) is 7.65. The topological polar surface area (TPSA) is 58.6 Å². The van der Waals surface area contributed by atoms with Crippen LogP contribution < -0.4 is 15.0 Å². The molecule has 2 aliphatic rings. The third kappa shape index (κ3) is 4.25. The molecule has 5 heteroatoms. The van der Waals surface area contributed by atoms with Crippen LogP contribution in [-0.4, -0.2) is 24.4 Å². The summed E-state index contributed by atoms with van der Waals surface area (Å²) in [7, 11) is 0. The number of anilines is 1. The van der Waals surface area contributed by atoms with E-state index in [0.29, 0.717) is 17.4 Å². The van der Waals surface area contributed by atoms with Crippen molar-refractivity contribution in [1.82, 2.24) is 5.32 Å². The Balaban J connectivity index is 1.38. The molecule has 2 amide bonds. The van der Waals surface area contributed by atoms with E-state index in [0.717, 1.165) is 12.3 Å². The smallest absolute Gasteiger partial charge is 0.251 e. The molecule has 1 aliphatic carbocycles. The number of hydrogen-bond acceptors (Lipinski definition) is 4. The minimum absolute atomic E-state index is 0.150. The summed E-state index contributed by atoms with van der Waals surface area (Å²) in [5.41, 5.74) is 0.595. The van der Waals surface area contributed by atoms with Gasteiger partial charge in [0.05, 0.1) is 18.2 Å². The number of para-hydroxylation sites is 1. The molecule has 28 heavy (non-hydrogen) atoms. The Morgan fingerprint density at radius 3 is 2.29 bits per heavy atom. The second-order valence-corrected chi connectivity index (χ2v) is 7.65. The Morgan fingerprint density at radius 1 is 0.893 bits per heavy atom. The van der Waals surface area contributed by atoms with Gasteiger partial charge in [-0.3, -0.25) is 9.59 Å². The number of rotatable bonds is 6. The molecule has 0 spiro atoms. The predicted octanol–water partition coefficient (Wildman–Crippen LogP) is 4.28. The van der Waals surface area contributed by atoms with Gasteiger partial charge in [0.1, 0.15) is 11.5 Å². The van der Waals surface area contributed by atoms with Crippen molar-refractivity contribution in [1.29, 1.82) is 0 Å². The molecule has 1 saturated carbocycles. The van der Waals surface area contributed by atoms with Crippen LogP contribution in [0.4, 0.5) is 5.69 Å². The third-order valence-corrected chi connectivity index (χ3v) is 5.60. The summed E-state index contributed by atoms with van der Waals surface area (Å²) in [6.07, 6.45) is 6.52. The summed E-state index contributed by atoms with van der Waals surface area (Å²) in [6.45, 7) is 0.821. The van der Waals surface area contributed by atoms with Gasteiger partial charge < -0.3 is 10.1 Å². The minimum atomic E-state index is -0.408. The average molecular weight is 378 g/mol. The highest BCUT2D eigenvalue weighted by Gasteiger charge is 2.39. The van der Waals surface area contributed by atoms with Crippen LogP contribution in [0.1, 0.15) is 38.5 Å². The Bertz CT molecular complexity index is 814. The first-order chi connectivity index (χ1) is 13.7. The van der Waals surface area contributed by atoms with E-state index in [1.807, 2.05) is 30.3 Å². The minimum Gasteiger partial charge on any atom is -0.457 e. The van der Waals surface area contributed by atoms with Gasteiger partial charge in [-0.15, -0.1) is 0 Å². The summed E-state index contributed by atoms with van der Waals surface area (Å²) >= 11 is 0. The maximum Gasteiger partial charge on any atom is 0.251 e. The lowest BCUT2D eigenvalue weighted by atomic mass is 9.89. The van der Waals surface area contributed by atoms with E-state index in [1.165, 1.54) is 37.0 Å². The van der Waals surface area contributed by atoms with Crippen LogP contribution in [0.2, 0.25) is 0 Å². The number of nitrogens with one attached hydrogen (secondary N) is 1. The first-order valence-corrected chi connectivity index (χ1v) is 10.1. The van der Waals surface area contributed by atoms with E-state index in [2.05, 4.69) is 5.32 Å². The zero-order valence-corrected chi connectivity index (χ0v) is 16.0. The monoisotopic (exact) mass is 378 g/mol. The summed E-state index contributed by atoms with van der Waals surface area (Å²) < 4.78 is 5.78. The number of carbonyl (C=O) groups excluding carboxylic acids is 2. The van der Waals surface area contributed by atoms with Crippen molar-refractivity contribution in [3.63, 3.8) is 0 Å². The van der Waals surface area contributed by atoms with Crippen molar-refractivity contribution in [2.45, 2.75) is 44.6 Å². The fraction of sp³-hybridized carbons (Fsp3) is 0.391. The van der Waals surface area contributed by atoms with Gasteiger partial charge in [0.15, 0.2) is 0 Å². The maximum atomic E-state index is 12.8. The SMILES string of the molecule is O=C1C[C@H](NCC2CCCCC2)C(=O)N1c1ccc(Oc2ccccc2)cc1. The molecule has 1 N–H and O–H groups in total. The van der Waals surface area contributed by atoms with Gasteiger partial charge in [0, 0.05) is 0 Å². The Morgan fingerprint density at radius 2 is 1.57 bits per heavy atom. The Hall–Kier alpha value is -2.66. The second kappa shape index (κ2) is 8.57. The number of amides is 2. The van der Waals surface area contributed by atoms with Gasteiger partial charge in [-0.05, 0) is 61.7 Å². The van der Waals surface area contributed by atoms with Crippen LogP contribution in [0.5, 0.6) is 11.5 Å². The van der Waals surface area contributed by atoms with Crippen molar-refractivity contribution in [2.75, 3.05) is 11.4 Å². The number of carbonyl (C=O) groups is 2. The van der Waals surface area contributed by atoms with Crippen LogP contribution in [0.15, 0.2) is 54.6 Å². The van der Waals surface area contributed by atoms with Crippen molar-refractivity contribution < 1.29 is 14.3 Å². The van der Waals surface area contributed by atoms with Gasteiger partial charge in [0.25, 0.3) is 5.91 Å². The zero-order chi connectivity index (χ0) is 19.3. The van der Waals surface area contributed by atoms with Gasteiger partial charge in [-0.1, -0.05) is 37.5 Å². The largest absolute Gasteiger partial charge is 0.457 e. The lowest BCUT2D eigenvalue weighted by Crippen LogP contribution is -2.41. The van der Waals surface area contributed by atoms with E-state index in [4.69, 9.17) is 4.74 Å². The fourth-order valence-electron chi connectivity index (χ4n) is 4.05. The van der Waals surface area contributed by atoms with Crippen LogP contribution in [-0.2, 0) is 9.59 Å². The molecule has 0 unspecified atom stereocenters. The highest BCUT2D eigenvalue weighted by molar-refractivity contribution is 6.22. The quantitative estimate of drug-likeness (QED) is 0.762. The first kappa shape index (κ1) is 18.7. The summed E-state index contributed by atoms with van der Waals surface area (Å²) in [6, 6.07) is 16.2. The molecule has 0 radical (unpaired) electrons. The summed E-state index contributed by atoms with van der Waals surface area (Å²) in [5.74, 6) is 1.73. The molecular formula is C23H26N2O3. The van der Waals surface area contributed by atoms with Crippen molar-refractivity contribution in [3.8, 4) is 11.5 Å². The molecule has 146 valence electrons. The lowest BCUT2D eigenvalue weighted by Gasteiger charge is -2.23. The molecule has 2 aromatic carbocycles. The van der Waals surface area contributed by atoms with E-state index < -0.39 is 6.04 Å².